The number of nitrogens with zero attached hydrogens (tertiary/aromatic N) is 3. The number of fused-ring (bicyclic) bond motifs is 10. The van der Waals surface area contributed by atoms with E-state index in [1.807, 2.05) is 18.2 Å². The third-order valence-electron chi connectivity index (χ3n) is 7.86. The van der Waals surface area contributed by atoms with Crippen molar-refractivity contribution in [2.45, 2.75) is 52.4 Å². The zero-order valence-electron chi connectivity index (χ0n) is 23.3. The van der Waals surface area contributed by atoms with Crippen LogP contribution in [0.2, 0.25) is 0 Å². The van der Waals surface area contributed by atoms with Crippen molar-refractivity contribution in [1.29, 1.82) is 0 Å². The number of benzene rings is 2. The molecule has 5 heterocycles. The van der Waals surface area contributed by atoms with Gasteiger partial charge < -0.3 is 5.32 Å². The molecule has 0 saturated carbocycles. The largest absolute Gasteiger partial charge is 0.353 e. The van der Waals surface area contributed by atoms with Crippen LogP contribution in [-0.4, -0.2) is 9.97 Å². The van der Waals surface area contributed by atoms with Crippen LogP contribution in [0.1, 0.15) is 58.4 Å². The molecule has 0 unspecified atom stereocenters. The Hall–Kier alpha value is -4.31. The minimum atomic E-state index is -0.0322. The fourth-order valence-electron chi connectivity index (χ4n) is 5.53. The van der Waals surface area contributed by atoms with Gasteiger partial charge in [0, 0.05) is 27.6 Å². The molecule has 192 valence electrons. The van der Waals surface area contributed by atoms with Crippen molar-refractivity contribution in [3.05, 3.63) is 106 Å². The van der Waals surface area contributed by atoms with Gasteiger partial charge in [0.15, 0.2) is 0 Å². The molecule has 39 heavy (non-hydrogen) atoms. The Labute approximate surface area is 229 Å². The summed E-state index contributed by atoms with van der Waals surface area (Å²) < 4.78 is 0. The number of nitrogens with one attached hydrogen (secondary N) is 1. The summed E-state index contributed by atoms with van der Waals surface area (Å²) in [4.78, 5) is 15.5. The molecule has 2 aromatic carbocycles. The van der Waals surface area contributed by atoms with E-state index in [9.17, 15) is 0 Å². The zero-order chi connectivity index (χ0) is 27.1. The van der Waals surface area contributed by atoms with E-state index >= 15 is 0 Å². The van der Waals surface area contributed by atoms with Crippen LogP contribution in [-0.2, 0) is 10.8 Å². The van der Waals surface area contributed by atoms with Crippen LogP contribution in [0.5, 0.6) is 0 Å². The van der Waals surface area contributed by atoms with Crippen molar-refractivity contribution in [1.82, 2.24) is 15.3 Å². The number of rotatable bonds is 0. The highest BCUT2D eigenvalue weighted by Crippen LogP contribution is 2.44. The van der Waals surface area contributed by atoms with Gasteiger partial charge >= 0.3 is 0 Å². The second kappa shape index (κ2) is 8.09. The van der Waals surface area contributed by atoms with Crippen molar-refractivity contribution >= 4 is 17.1 Å². The van der Waals surface area contributed by atoms with E-state index in [1.54, 1.807) is 0 Å². The lowest BCUT2D eigenvalue weighted by Gasteiger charge is -2.23. The van der Waals surface area contributed by atoms with Crippen LogP contribution in [0.4, 0.5) is 5.69 Å². The second-order valence-corrected chi connectivity index (χ2v) is 12.7. The average Bonchev–Trinajstić information content (AvgIpc) is 3.30. The van der Waals surface area contributed by atoms with Crippen LogP contribution in [0.3, 0.4) is 0 Å². The summed E-state index contributed by atoms with van der Waals surface area (Å²) in [5, 5.41) is 5.81. The Balaban J connectivity index is 1.67. The van der Waals surface area contributed by atoms with Gasteiger partial charge in [0.25, 0.3) is 0 Å². The molecule has 0 aliphatic carbocycles. The van der Waals surface area contributed by atoms with E-state index in [0.29, 0.717) is 0 Å². The van der Waals surface area contributed by atoms with Crippen molar-refractivity contribution in [2.24, 2.45) is 4.99 Å². The van der Waals surface area contributed by atoms with E-state index in [4.69, 9.17) is 15.0 Å². The zero-order valence-corrected chi connectivity index (χ0v) is 23.3. The molecule has 0 atom stereocenters. The maximum Gasteiger partial charge on any atom is 0.0894 e. The molecule has 3 aliphatic rings. The summed E-state index contributed by atoms with van der Waals surface area (Å²) in [7, 11) is 0. The van der Waals surface area contributed by atoms with Gasteiger partial charge in [0.2, 0.25) is 0 Å². The molecule has 8 bridgehead atoms. The molecule has 4 aromatic rings. The standard InChI is InChI=1S/C35H32N4/c1-34(2,3)20-16-22-23-17-21(35(4,5)6)19-25-27-11-8-13-29(37-27)31-15-9-14-30(38-31)28-12-7-10-26(36-28)24(18-20)32(22)39-33(23)25/h7-19,36H,1-6H3. The first kappa shape index (κ1) is 23.8. The lowest BCUT2D eigenvalue weighted by Crippen LogP contribution is -2.34. The maximum atomic E-state index is 5.37. The topological polar surface area (TPSA) is 50.2 Å². The molecule has 4 heteroatoms. The molecule has 1 N–H and O–H groups in total. The summed E-state index contributed by atoms with van der Waals surface area (Å²) in [5.74, 6) is 0. The van der Waals surface area contributed by atoms with E-state index in [2.05, 4.69) is 108 Å². The number of allylic oxidation sites excluding steroid dienone is 2. The molecule has 7 rings (SSSR count). The fraction of sp³-hybridized carbons (Fsp3) is 0.229. The van der Waals surface area contributed by atoms with Crippen molar-refractivity contribution in [2.75, 3.05) is 0 Å². The number of pyridine rings is 2. The van der Waals surface area contributed by atoms with E-state index < -0.39 is 0 Å². The third kappa shape index (κ3) is 3.85. The van der Waals surface area contributed by atoms with Gasteiger partial charge in [0.05, 0.1) is 39.5 Å². The van der Waals surface area contributed by atoms with Crippen molar-refractivity contribution < 1.29 is 0 Å². The first-order valence-corrected chi connectivity index (χ1v) is 13.6. The Morgan fingerprint density at radius 3 is 1.95 bits per heavy atom. The Kier molecular flexibility index (Phi) is 4.94. The van der Waals surface area contributed by atoms with Crippen molar-refractivity contribution in [3.8, 4) is 33.8 Å². The van der Waals surface area contributed by atoms with Crippen LogP contribution < -0.4 is 15.9 Å². The van der Waals surface area contributed by atoms with Crippen molar-refractivity contribution in [3.63, 3.8) is 0 Å². The first-order valence-electron chi connectivity index (χ1n) is 13.6. The summed E-state index contributed by atoms with van der Waals surface area (Å²) >= 11 is 0. The maximum absolute atomic E-state index is 5.37. The third-order valence-corrected chi connectivity index (χ3v) is 7.86. The SMILES string of the molecule is CC(C)(C)c1cc2c3c(c1)-c1cc(C(C)(C)C)cc(c1=N3)=C1C=CC=C(N1)c1cccc(n1)-c1cccc-2n1. The lowest BCUT2D eigenvalue weighted by atomic mass is 9.81. The first-order chi connectivity index (χ1) is 18.6. The predicted molar refractivity (Wildman–Crippen MR) is 160 cm³/mol. The summed E-state index contributed by atoms with van der Waals surface area (Å²) in [5.41, 5.74) is 12.4. The van der Waals surface area contributed by atoms with E-state index in [-0.39, 0.29) is 10.8 Å². The quantitative estimate of drug-likeness (QED) is 0.246. The molecule has 0 spiro atoms. The summed E-state index contributed by atoms with van der Waals surface area (Å²) in [6.07, 6.45) is 6.33. The fourth-order valence-corrected chi connectivity index (χ4v) is 5.53. The van der Waals surface area contributed by atoms with Gasteiger partial charge in [0.1, 0.15) is 0 Å². The predicted octanol–water partition coefficient (Wildman–Crippen LogP) is 6.96. The Morgan fingerprint density at radius 2 is 1.23 bits per heavy atom. The number of dihydropyridines is 1. The van der Waals surface area contributed by atoms with Gasteiger partial charge in [-0.1, -0.05) is 59.8 Å². The lowest BCUT2D eigenvalue weighted by molar-refractivity contribution is 0.589. The van der Waals surface area contributed by atoms with Gasteiger partial charge in [-0.05, 0) is 82.6 Å². The molecule has 0 fully saturated rings. The van der Waals surface area contributed by atoms with Gasteiger partial charge in [-0.25, -0.2) is 15.0 Å². The highest BCUT2D eigenvalue weighted by molar-refractivity contribution is 5.92. The monoisotopic (exact) mass is 508 g/mol. The van der Waals surface area contributed by atoms with Crippen LogP contribution in [0.25, 0.3) is 45.2 Å². The smallest absolute Gasteiger partial charge is 0.0894 e. The highest BCUT2D eigenvalue weighted by atomic mass is 14.9. The molecule has 0 saturated heterocycles. The molecule has 4 nitrogen and oxygen atoms in total. The molecule has 0 amide bonds. The van der Waals surface area contributed by atoms with Crippen LogP contribution in [0, 0.1) is 0 Å². The number of aromatic nitrogens is 2. The molecular formula is C35H32N4. The van der Waals surface area contributed by atoms with E-state index in [0.717, 1.165) is 56.0 Å². The number of hydrogen-bond donors (Lipinski definition) is 1. The van der Waals surface area contributed by atoms with Gasteiger partial charge in [-0.3, -0.25) is 0 Å². The van der Waals surface area contributed by atoms with Gasteiger partial charge in [-0.2, -0.15) is 0 Å². The van der Waals surface area contributed by atoms with Crippen LogP contribution >= 0.6 is 0 Å². The van der Waals surface area contributed by atoms with E-state index in [1.165, 1.54) is 22.3 Å². The van der Waals surface area contributed by atoms with Gasteiger partial charge in [-0.15, -0.1) is 0 Å². The second-order valence-electron chi connectivity index (χ2n) is 12.7. The highest BCUT2D eigenvalue weighted by Gasteiger charge is 2.27. The Morgan fingerprint density at radius 1 is 0.641 bits per heavy atom. The molecule has 2 aromatic heterocycles. The average molecular weight is 509 g/mol. The van der Waals surface area contributed by atoms with Crippen LogP contribution in [0.15, 0.2) is 83.9 Å². The number of hydrogen-bond acceptors (Lipinski definition) is 4. The summed E-state index contributed by atoms with van der Waals surface area (Å²) in [6.45, 7) is 13.6. The Bertz CT molecular complexity index is 1890. The summed E-state index contributed by atoms with van der Waals surface area (Å²) in [6, 6.07) is 21.6. The molecular weight excluding hydrogens is 476 g/mol. The normalized spacial score (nSPS) is 14.8. The molecule has 3 aliphatic heterocycles. The minimum Gasteiger partial charge on any atom is -0.353 e. The molecule has 0 radical (unpaired) electrons. The minimum absolute atomic E-state index is 0.0245.